The monoisotopic (exact) mass is 253 g/mol. The fourth-order valence-corrected chi connectivity index (χ4v) is 2.57. The number of benzene rings is 1. The molecule has 1 aromatic carbocycles. The van der Waals surface area contributed by atoms with Gasteiger partial charge in [-0.05, 0) is 18.2 Å². The Kier molecular flexibility index (Phi) is 1.45. The number of halogens is 1. The van der Waals surface area contributed by atoms with Gasteiger partial charge in [-0.15, -0.1) is 0 Å². The minimum absolute atomic E-state index is 0.938. The van der Waals surface area contributed by atoms with E-state index in [0.717, 1.165) is 15.0 Å². The fourth-order valence-electron chi connectivity index (χ4n) is 1.31. The molecular formula is C8H4BrN3S. The maximum Gasteiger partial charge on any atom is 0.213 e. The van der Waals surface area contributed by atoms with Crippen LogP contribution in [0.4, 0.5) is 0 Å². The van der Waals surface area contributed by atoms with Gasteiger partial charge in [0.05, 0.1) is 10.2 Å². The molecule has 0 saturated carbocycles. The highest BCUT2D eigenvalue weighted by Gasteiger charge is 2.05. The molecular weight excluding hydrogens is 250 g/mol. The predicted octanol–water partition coefficient (Wildman–Crippen LogP) is 2.71. The molecule has 13 heavy (non-hydrogen) atoms. The number of fused-ring (bicyclic) bond motifs is 3. The van der Waals surface area contributed by atoms with Crippen molar-refractivity contribution in [3.63, 3.8) is 0 Å². The summed E-state index contributed by atoms with van der Waals surface area (Å²) in [5.41, 5.74) is 1.10. The fraction of sp³-hybridized carbons (Fsp3) is 0. The van der Waals surface area contributed by atoms with Gasteiger partial charge in [-0.2, -0.15) is 5.10 Å². The lowest BCUT2D eigenvalue weighted by atomic mass is 10.3. The molecule has 64 valence electrons. The van der Waals surface area contributed by atoms with Crippen LogP contribution in [0, 0.1) is 0 Å². The first-order chi connectivity index (χ1) is 6.34. The summed E-state index contributed by atoms with van der Waals surface area (Å²) in [5.74, 6) is 0. The minimum atomic E-state index is 0.938. The van der Waals surface area contributed by atoms with Crippen molar-refractivity contribution in [3.05, 3.63) is 29.0 Å². The third-order valence-corrected chi connectivity index (χ3v) is 3.39. The van der Waals surface area contributed by atoms with Crippen LogP contribution >= 0.6 is 27.3 Å². The van der Waals surface area contributed by atoms with E-state index in [2.05, 4.69) is 32.1 Å². The first kappa shape index (κ1) is 7.46. The SMILES string of the molecule is Brc1ccc2sc3ncnn3c2c1. The second kappa shape index (κ2) is 2.52. The zero-order chi connectivity index (χ0) is 8.84. The van der Waals surface area contributed by atoms with Crippen LogP contribution in [0.5, 0.6) is 0 Å². The quantitative estimate of drug-likeness (QED) is 0.617. The van der Waals surface area contributed by atoms with Crippen molar-refractivity contribution in [3.8, 4) is 0 Å². The number of hydrogen-bond donors (Lipinski definition) is 0. The summed E-state index contributed by atoms with van der Waals surface area (Å²) in [6.07, 6.45) is 1.58. The molecule has 0 atom stereocenters. The van der Waals surface area contributed by atoms with E-state index in [-0.39, 0.29) is 0 Å². The number of thiazole rings is 1. The normalized spacial score (nSPS) is 11.5. The largest absolute Gasteiger partial charge is 0.213 e. The zero-order valence-corrected chi connectivity index (χ0v) is 8.84. The standard InChI is InChI=1S/C8H4BrN3S/c9-5-1-2-7-6(3-5)12-8(13-7)10-4-11-12/h1-4H. The average molecular weight is 254 g/mol. The van der Waals surface area contributed by atoms with E-state index >= 15 is 0 Å². The van der Waals surface area contributed by atoms with Crippen molar-refractivity contribution in [1.29, 1.82) is 0 Å². The van der Waals surface area contributed by atoms with Gasteiger partial charge in [0.15, 0.2) is 0 Å². The Morgan fingerprint density at radius 3 is 3.23 bits per heavy atom. The molecule has 0 N–H and O–H groups in total. The van der Waals surface area contributed by atoms with Crippen LogP contribution in [-0.2, 0) is 0 Å². The van der Waals surface area contributed by atoms with Crippen molar-refractivity contribution >= 4 is 42.4 Å². The lowest BCUT2D eigenvalue weighted by molar-refractivity contribution is 1.01. The predicted molar refractivity (Wildman–Crippen MR) is 56.1 cm³/mol. The van der Waals surface area contributed by atoms with Crippen molar-refractivity contribution in [2.45, 2.75) is 0 Å². The van der Waals surface area contributed by atoms with Crippen molar-refractivity contribution in [2.24, 2.45) is 0 Å². The molecule has 2 heterocycles. The highest BCUT2D eigenvalue weighted by molar-refractivity contribution is 9.10. The number of rotatable bonds is 0. The summed E-state index contributed by atoms with van der Waals surface area (Å²) in [6, 6.07) is 6.15. The Morgan fingerprint density at radius 1 is 1.38 bits per heavy atom. The molecule has 3 nitrogen and oxygen atoms in total. The molecule has 3 aromatic rings. The van der Waals surface area contributed by atoms with Crippen molar-refractivity contribution in [2.75, 3.05) is 0 Å². The second-order valence-electron chi connectivity index (χ2n) is 2.67. The molecule has 0 amide bonds. The lowest BCUT2D eigenvalue weighted by Gasteiger charge is -1.90. The molecule has 0 unspecified atom stereocenters. The zero-order valence-electron chi connectivity index (χ0n) is 6.44. The van der Waals surface area contributed by atoms with E-state index in [1.165, 1.54) is 4.70 Å². The van der Waals surface area contributed by atoms with Gasteiger partial charge in [0.1, 0.15) is 6.33 Å². The third kappa shape index (κ3) is 1.00. The van der Waals surface area contributed by atoms with Gasteiger partial charge in [-0.3, -0.25) is 0 Å². The van der Waals surface area contributed by atoms with E-state index in [1.54, 1.807) is 17.7 Å². The molecule has 2 aromatic heterocycles. The summed E-state index contributed by atoms with van der Waals surface area (Å²) < 4.78 is 4.12. The Labute approximate surface area is 86.1 Å². The number of hydrogen-bond acceptors (Lipinski definition) is 3. The van der Waals surface area contributed by atoms with Gasteiger partial charge in [-0.1, -0.05) is 27.3 Å². The molecule has 0 fully saturated rings. The van der Waals surface area contributed by atoms with Gasteiger partial charge in [-0.25, -0.2) is 9.50 Å². The number of aromatic nitrogens is 3. The molecule has 0 aliphatic carbocycles. The molecule has 0 spiro atoms. The van der Waals surface area contributed by atoms with E-state index in [9.17, 15) is 0 Å². The van der Waals surface area contributed by atoms with E-state index in [0.29, 0.717) is 0 Å². The molecule has 0 aliphatic heterocycles. The molecule has 3 rings (SSSR count). The Balaban J connectivity index is 2.61. The van der Waals surface area contributed by atoms with E-state index < -0.39 is 0 Å². The summed E-state index contributed by atoms with van der Waals surface area (Å²) >= 11 is 5.08. The van der Waals surface area contributed by atoms with Crippen LogP contribution < -0.4 is 0 Å². The van der Waals surface area contributed by atoms with Crippen LogP contribution in [0.2, 0.25) is 0 Å². The van der Waals surface area contributed by atoms with E-state index in [1.807, 2.05) is 16.6 Å². The maximum atomic E-state index is 4.14. The molecule has 0 radical (unpaired) electrons. The van der Waals surface area contributed by atoms with Crippen LogP contribution in [0.3, 0.4) is 0 Å². The summed E-state index contributed by atoms with van der Waals surface area (Å²) in [5, 5.41) is 4.14. The lowest BCUT2D eigenvalue weighted by Crippen LogP contribution is -1.81. The molecule has 5 heteroatoms. The first-order valence-corrected chi connectivity index (χ1v) is 5.33. The van der Waals surface area contributed by atoms with Gasteiger partial charge < -0.3 is 0 Å². The maximum absolute atomic E-state index is 4.14. The summed E-state index contributed by atoms with van der Waals surface area (Å²) in [6.45, 7) is 0. The highest BCUT2D eigenvalue weighted by Crippen LogP contribution is 2.26. The minimum Gasteiger partial charge on any atom is -0.206 e. The Hall–Kier alpha value is -0.940. The van der Waals surface area contributed by atoms with Crippen LogP contribution in [0.25, 0.3) is 15.2 Å². The molecule has 0 saturated heterocycles. The molecule has 0 aliphatic rings. The Morgan fingerprint density at radius 2 is 2.31 bits per heavy atom. The van der Waals surface area contributed by atoms with Crippen LogP contribution in [0.15, 0.2) is 29.0 Å². The smallest absolute Gasteiger partial charge is 0.206 e. The topological polar surface area (TPSA) is 30.2 Å². The average Bonchev–Trinajstić information content (AvgIpc) is 2.64. The Bertz CT molecular complexity index is 583. The van der Waals surface area contributed by atoms with Gasteiger partial charge in [0.25, 0.3) is 0 Å². The van der Waals surface area contributed by atoms with Gasteiger partial charge >= 0.3 is 0 Å². The van der Waals surface area contributed by atoms with Crippen LogP contribution in [0.1, 0.15) is 0 Å². The number of nitrogens with zero attached hydrogens (tertiary/aromatic N) is 3. The van der Waals surface area contributed by atoms with Gasteiger partial charge in [0, 0.05) is 4.47 Å². The van der Waals surface area contributed by atoms with E-state index in [4.69, 9.17) is 0 Å². The summed E-state index contributed by atoms with van der Waals surface area (Å²) in [7, 11) is 0. The van der Waals surface area contributed by atoms with Gasteiger partial charge in [0.2, 0.25) is 4.96 Å². The first-order valence-electron chi connectivity index (χ1n) is 3.72. The highest BCUT2D eigenvalue weighted by atomic mass is 79.9. The molecule has 0 bridgehead atoms. The third-order valence-electron chi connectivity index (χ3n) is 1.87. The summed E-state index contributed by atoms with van der Waals surface area (Å²) in [4.78, 5) is 5.08. The second-order valence-corrected chi connectivity index (χ2v) is 4.59. The van der Waals surface area contributed by atoms with Crippen molar-refractivity contribution in [1.82, 2.24) is 14.6 Å². The van der Waals surface area contributed by atoms with Crippen LogP contribution in [-0.4, -0.2) is 14.6 Å². The van der Waals surface area contributed by atoms with Crippen molar-refractivity contribution < 1.29 is 0 Å².